The number of rotatable bonds is 6. The molecule has 3 aromatic rings. The molecule has 152 valence electrons. The Morgan fingerprint density at radius 3 is 2.52 bits per heavy atom. The quantitative estimate of drug-likeness (QED) is 0.619. The van der Waals surface area contributed by atoms with E-state index in [1.165, 1.54) is 12.3 Å². The molecule has 0 saturated heterocycles. The lowest BCUT2D eigenvalue weighted by Gasteiger charge is -2.21. The molecule has 1 aromatic carbocycles. The second-order valence-corrected chi connectivity index (χ2v) is 5.75. The van der Waals surface area contributed by atoms with Crippen molar-refractivity contribution in [1.29, 1.82) is 0 Å². The van der Waals surface area contributed by atoms with Crippen LogP contribution in [-0.4, -0.2) is 22.2 Å². The van der Waals surface area contributed by atoms with Gasteiger partial charge in [0, 0.05) is 24.0 Å². The van der Waals surface area contributed by atoms with Gasteiger partial charge < -0.3 is 14.6 Å². The van der Waals surface area contributed by atoms with E-state index in [1.54, 1.807) is 0 Å². The molecule has 29 heavy (non-hydrogen) atoms. The van der Waals surface area contributed by atoms with Crippen molar-refractivity contribution in [1.82, 2.24) is 15.5 Å². The smallest absolute Gasteiger partial charge is 0.412 e. The fourth-order valence-electron chi connectivity index (χ4n) is 2.36. The van der Waals surface area contributed by atoms with Gasteiger partial charge in [-0.1, -0.05) is 17.3 Å². The molecular formula is C18H12F5N3O3. The third-order valence-corrected chi connectivity index (χ3v) is 3.69. The zero-order chi connectivity index (χ0) is 21.0. The maximum atomic E-state index is 13.5. The van der Waals surface area contributed by atoms with Crippen molar-refractivity contribution in [2.75, 3.05) is 0 Å². The molecule has 0 radical (unpaired) electrons. The van der Waals surface area contributed by atoms with Gasteiger partial charge in [0.15, 0.2) is 34.9 Å². The van der Waals surface area contributed by atoms with E-state index in [0.717, 1.165) is 36.5 Å². The predicted molar refractivity (Wildman–Crippen MR) is 87.7 cm³/mol. The van der Waals surface area contributed by atoms with E-state index in [4.69, 9.17) is 9.26 Å². The molecule has 0 bridgehead atoms. The van der Waals surface area contributed by atoms with E-state index < -0.39 is 47.8 Å². The Balaban J connectivity index is 1.70. The Kier molecular flexibility index (Phi) is 5.76. The zero-order valence-corrected chi connectivity index (χ0v) is 14.4. The molecule has 1 unspecified atom stereocenters. The number of nitrogens with zero attached hydrogens (tertiary/aromatic N) is 2. The number of hydrogen-bond donors (Lipinski definition) is 1. The van der Waals surface area contributed by atoms with Gasteiger partial charge in [-0.25, -0.2) is 8.78 Å². The van der Waals surface area contributed by atoms with Gasteiger partial charge in [-0.2, -0.15) is 13.2 Å². The standard InChI is InChI=1S/C18H12F5N3O3/c19-12-4-1-5-13(20)15(12)28-9-11-7-14(26-29-11)17(27)25-16(18(21,22)23)10-3-2-6-24-8-10/h1-8,16H,9H2,(H,25,27). The summed E-state index contributed by atoms with van der Waals surface area (Å²) >= 11 is 0. The molecule has 0 fully saturated rings. The van der Waals surface area contributed by atoms with E-state index in [-0.39, 0.29) is 11.3 Å². The van der Waals surface area contributed by atoms with Gasteiger partial charge in [0.1, 0.15) is 6.61 Å². The van der Waals surface area contributed by atoms with Gasteiger partial charge in [-0.3, -0.25) is 9.78 Å². The molecule has 2 heterocycles. The van der Waals surface area contributed by atoms with Crippen LogP contribution in [0.25, 0.3) is 0 Å². The van der Waals surface area contributed by atoms with Crippen LogP contribution in [0.4, 0.5) is 22.0 Å². The van der Waals surface area contributed by atoms with Gasteiger partial charge in [0.05, 0.1) is 0 Å². The summed E-state index contributed by atoms with van der Waals surface area (Å²) in [5, 5.41) is 5.17. The van der Waals surface area contributed by atoms with Gasteiger partial charge in [0.2, 0.25) is 0 Å². The first kappa shape index (κ1) is 20.2. The lowest BCUT2D eigenvalue weighted by Crippen LogP contribution is -2.38. The molecule has 1 atom stereocenters. The maximum absolute atomic E-state index is 13.5. The van der Waals surface area contributed by atoms with Gasteiger partial charge in [-0.05, 0) is 18.2 Å². The number of hydrogen-bond acceptors (Lipinski definition) is 5. The molecule has 3 rings (SSSR count). The lowest BCUT2D eigenvalue weighted by atomic mass is 10.1. The van der Waals surface area contributed by atoms with Crippen molar-refractivity contribution in [3.63, 3.8) is 0 Å². The summed E-state index contributed by atoms with van der Waals surface area (Å²) in [6.45, 7) is -0.497. The number of nitrogens with one attached hydrogen (secondary N) is 1. The summed E-state index contributed by atoms with van der Waals surface area (Å²) < 4.78 is 76.6. The second-order valence-electron chi connectivity index (χ2n) is 5.75. The number of halogens is 5. The van der Waals surface area contributed by atoms with Crippen molar-refractivity contribution in [2.24, 2.45) is 0 Å². The summed E-state index contributed by atoms with van der Waals surface area (Å²) in [5.74, 6) is -3.85. The first-order valence-corrected chi connectivity index (χ1v) is 8.05. The highest BCUT2D eigenvalue weighted by molar-refractivity contribution is 5.92. The number of ether oxygens (including phenoxy) is 1. The first-order chi connectivity index (χ1) is 13.8. The summed E-state index contributed by atoms with van der Waals surface area (Å²) in [4.78, 5) is 15.8. The third-order valence-electron chi connectivity index (χ3n) is 3.69. The van der Waals surface area contributed by atoms with E-state index in [0.29, 0.717) is 0 Å². The molecule has 0 saturated carbocycles. The first-order valence-electron chi connectivity index (χ1n) is 8.05. The second kappa shape index (κ2) is 8.25. The van der Waals surface area contributed by atoms with Crippen molar-refractivity contribution in [3.8, 4) is 5.75 Å². The number of para-hydroxylation sites is 1. The number of carbonyl (C=O) groups excluding carboxylic acids is 1. The Morgan fingerprint density at radius 2 is 1.90 bits per heavy atom. The van der Waals surface area contributed by atoms with Crippen LogP contribution in [0.3, 0.4) is 0 Å². The summed E-state index contributed by atoms with van der Waals surface area (Å²) in [6.07, 6.45) is -2.51. The van der Waals surface area contributed by atoms with Gasteiger partial charge >= 0.3 is 6.18 Å². The van der Waals surface area contributed by atoms with Crippen LogP contribution in [0.2, 0.25) is 0 Å². The van der Waals surface area contributed by atoms with Gasteiger partial charge in [-0.15, -0.1) is 0 Å². The molecule has 1 amide bonds. The summed E-state index contributed by atoms with van der Waals surface area (Å²) in [7, 11) is 0. The van der Waals surface area contributed by atoms with E-state index in [9.17, 15) is 26.7 Å². The lowest BCUT2D eigenvalue weighted by molar-refractivity contribution is -0.155. The number of carbonyl (C=O) groups is 1. The average Bonchev–Trinajstić information content (AvgIpc) is 3.14. The van der Waals surface area contributed by atoms with E-state index >= 15 is 0 Å². The molecular weight excluding hydrogens is 401 g/mol. The Morgan fingerprint density at radius 1 is 1.17 bits per heavy atom. The molecule has 2 aromatic heterocycles. The van der Waals surface area contributed by atoms with Gasteiger partial charge in [0.25, 0.3) is 5.91 Å². The van der Waals surface area contributed by atoms with E-state index in [2.05, 4.69) is 10.1 Å². The van der Waals surface area contributed by atoms with Crippen molar-refractivity contribution in [2.45, 2.75) is 18.8 Å². The fourth-order valence-corrected chi connectivity index (χ4v) is 2.36. The Bertz CT molecular complexity index is 972. The Hall–Kier alpha value is -3.50. The van der Waals surface area contributed by atoms with Crippen LogP contribution >= 0.6 is 0 Å². The summed E-state index contributed by atoms with van der Waals surface area (Å²) in [6, 6.07) is 4.26. The molecule has 0 aliphatic heterocycles. The van der Waals surface area contributed by atoms with Crippen LogP contribution in [-0.2, 0) is 6.61 Å². The normalized spacial score (nSPS) is 12.4. The van der Waals surface area contributed by atoms with Crippen LogP contribution in [0.1, 0.15) is 27.9 Å². The van der Waals surface area contributed by atoms with Crippen molar-refractivity contribution >= 4 is 5.91 Å². The molecule has 11 heteroatoms. The highest BCUT2D eigenvalue weighted by Gasteiger charge is 2.42. The number of alkyl halides is 3. The number of pyridine rings is 1. The predicted octanol–water partition coefficient (Wildman–Crippen LogP) is 3.96. The van der Waals surface area contributed by atoms with E-state index in [1.807, 2.05) is 5.32 Å². The molecule has 0 spiro atoms. The van der Waals surface area contributed by atoms with Crippen LogP contribution in [0.5, 0.6) is 5.75 Å². The minimum Gasteiger partial charge on any atom is -0.479 e. The number of benzene rings is 1. The van der Waals surface area contributed by atoms with Crippen LogP contribution in [0, 0.1) is 11.6 Å². The van der Waals surface area contributed by atoms with Crippen molar-refractivity contribution < 1.29 is 36.0 Å². The zero-order valence-electron chi connectivity index (χ0n) is 14.4. The molecule has 0 aliphatic carbocycles. The number of amides is 1. The molecule has 1 N–H and O–H groups in total. The minimum absolute atomic E-state index is 0.122. The molecule has 0 aliphatic rings. The highest BCUT2D eigenvalue weighted by atomic mass is 19.4. The number of aromatic nitrogens is 2. The average molecular weight is 413 g/mol. The van der Waals surface area contributed by atoms with Crippen LogP contribution in [0.15, 0.2) is 53.3 Å². The van der Waals surface area contributed by atoms with Crippen LogP contribution < -0.4 is 10.1 Å². The third kappa shape index (κ3) is 4.86. The SMILES string of the molecule is O=C(NC(c1cccnc1)C(F)(F)F)c1cc(COc2c(F)cccc2F)on1. The molecule has 6 nitrogen and oxygen atoms in total. The largest absolute Gasteiger partial charge is 0.479 e. The Labute approximate surface area is 160 Å². The maximum Gasteiger partial charge on any atom is 0.412 e. The highest BCUT2D eigenvalue weighted by Crippen LogP contribution is 2.32. The topological polar surface area (TPSA) is 77.2 Å². The summed E-state index contributed by atoms with van der Waals surface area (Å²) in [5.41, 5.74) is -0.730. The van der Waals surface area contributed by atoms with Crippen molar-refractivity contribution in [3.05, 3.63) is 77.4 Å². The monoisotopic (exact) mass is 413 g/mol. The fraction of sp³-hybridized carbons (Fsp3) is 0.167. The minimum atomic E-state index is -4.78.